The molecule has 0 bridgehead atoms. The van der Waals surface area contributed by atoms with Crippen LogP contribution in [0.4, 0.5) is 5.69 Å². The van der Waals surface area contributed by atoms with E-state index < -0.39 is 0 Å². The van der Waals surface area contributed by atoms with Crippen molar-refractivity contribution in [2.24, 2.45) is 0 Å². The predicted octanol–water partition coefficient (Wildman–Crippen LogP) is 3.45. The Hall–Kier alpha value is -2.15. The number of aromatic nitrogens is 3. The molecule has 2 aromatic rings. The summed E-state index contributed by atoms with van der Waals surface area (Å²) in [5.41, 5.74) is 2.70. The molecular formula is C20H24N4O2S. The van der Waals surface area contributed by atoms with Gasteiger partial charge in [-0.25, -0.2) is 0 Å². The Morgan fingerprint density at radius 2 is 2.07 bits per heavy atom. The molecule has 7 heteroatoms. The molecule has 1 aliphatic carbocycles. The molecule has 0 saturated heterocycles. The van der Waals surface area contributed by atoms with E-state index in [1.807, 2.05) is 25.1 Å². The maximum Gasteiger partial charge on any atom is 0.223 e. The average molecular weight is 385 g/mol. The molecule has 4 rings (SSSR count). The number of hydrogen-bond acceptors (Lipinski definition) is 5. The van der Waals surface area contributed by atoms with Crippen LogP contribution in [-0.4, -0.2) is 38.2 Å². The van der Waals surface area contributed by atoms with Crippen molar-refractivity contribution in [2.45, 2.75) is 62.9 Å². The Morgan fingerprint density at radius 1 is 1.30 bits per heavy atom. The SMILES string of the molecule is CCn1c(S[C@H](C)C(=O)c2ccc3c(c2)CCN3C(C)=O)nnc1C1CC1. The van der Waals surface area contributed by atoms with E-state index >= 15 is 0 Å². The van der Waals surface area contributed by atoms with E-state index in [1.165, 1.54) is 24.6 Å². The number of rotatable bonds is 6. The van der Waals surface area contributed by atoms with Gasteiger partial charge >= 0.3 is 0 Å². The number of anilines is 1. The molecule has 27 heavy (non-hydrogen) atoms. The maximum absolute atomic E-state index is 13.0. The Labute approximate surface area is 163 Å². The zero-order chi connectivity index (χ0) is 19.1. The zero-order valence-electron chi connectivity index (χ0n) is 15.9. The molecule has 0 N–H and O–H groups in total. The number of nitrogens with zero attached hydrogens (tertiary/aromatic N) is 4. The van der Waals surface area contributed by atoms with Gasteiger partial charge in [0.1, 0.15) is 5.82 Å². The van der Waals surface area contributed by atoms with Crippen molar-refractivity contribution >= 4 is 29.1 Å². The van der Waals surface area contributed by atoms with Gasteiger partial charge in [0.2, 0.25) is 5.91 Å². The second-order valence-electron chi connectivity index (χ2n) is 7.25. The number of amides is 1. The van der Waals surface area contributed by atoms with Crippen LogP contribution in [0.25, 0.3) is 0 Å². The van der Waals surface area contributed by atoms with E-state index in [0.29, 0.717) is 18.0 Å². The molecule has 142 valence electrons. The first-order chi connectivity index (χ1) is 13.0. The highest BCUT2D eigenvalue weighted by atomic mass is 32.2. The monoisotopic (exact) mass is 384 g/mol. The molecule has 0 spiro atoms. The molecule has 0 unspecified atom stereocenters. The molecule has 1 atom stereocenters. The third-order valence-corrected chi connectivity index (χ3v) is 6.38. The van der Waals surface area contributed by atoms with Crippen LogP contribution in [0.2, 0.25) is 0 Å². The summed E-state index contributed by atoms with van der Waals surface area (Å²) >= 11 is 1.48. The van der Waals surface area contributed by atoms with Crippen molar-refractivity contribution in [1.82, 2.24) is 14.8 Å². The normalized spacial score (nSPS) is 17.1. The molecule has 0 radical (unpaired) electrons. The van der Waals surface area contributed by atoms with Gasteiger partial charge in [0.15, 0.2) is 10.9 Å². The van der Waals surface area contributed by atoms with E-state index in [-0.39, 0.29) is 16.9 Å². The van der Waals surface area contributed by atoms with Crippen LogP contribution in [0.1, 0.15) is 61.3 Å². The summed E-state index contributed by atoms with van der Waals surface area (Å²) in [5, 5.41) is 9.26. The van der Waals surface area contributed by atoms with Crippen LogP contribution in [0.15, 0.2) is 23.4 Å². The lowest BCUT2D eigenvalue weighted by Gasteiger charge is -2.15. The summed E-state index contributed by atoms with van der Waals surface area (Å²) in [7, 11) is 0. The van der Waals surface area contributed by atoms with Gasteiger partial charge in [-0.15, -0.1) is 10.2 Å². The van der Waals surface area contributed by atoms with Gasteiger partial charge in [-0.2, -0.15) is 0 Å². The van der Waals surface area contributed by atoms with Crippen molar-refractivity contribution in [3.63, 3.8) is 0 Å². The molecular weight excluding hydrogens is 360 g/mol. The molecule has 1 aliphatic heterocycles. The number of carbonyl (C=O) groups excluding carboxylic acids is 2. The van der Waals surface area contributed by atoms with Crippen LogP contribution in [0.3, 0.4) is 0 Å². The maximum atomic E-state index is 13.0. The fourth-order valence-corrected chi connectivity index (χ4v) is 4.65. The first-order valence-electron chi connectivity index (χ1n) is 9.54. The van der Waals surface area contributed by atoms with Crippen LogP contribution in [-0.2, 0) is 17.8 Å². The van der Waals surface area contributed by atoms with Gasteiger partial charge in [-0.3, -0.25) is 9.59 Å². The Bertz CT molecular complexity index is 903. The second kappa shape index (κ2) is 7.11. The summed E-state index contributed by atoms with van der Waals surface area (Å²) in [4.78, 5) is 26.4. The number of fused-ring (bicyclic) bond motifs is 1. The average Bonchev–Trinajstić information content (AvgIpc) is 3.28. The van der Waals surface area contributed by atoms with Crippen LogP contribution < -0.4 is 4.90 Å². The highest BCUT2D eigenvalue weighted by Crippen LogP contribution is 2.40. The molecule has 1 saturated carbocycles. The minimum absolute atomic E-state index is 0.0436. The number of thioether (sulfide) groups is 1. The molecule has 2 aliphatic rings. The van der Waals surface area contributed by atoms with Crippen molar-refractivity contribution in [3.05, 3.63) is 35.2 Å². The largest absolute Gasteiger partial charge is 0.312 e. The van der Waals surface area contributed by atoms with E-state index in [4.69, 9.17) is 0 Å². The fourth-order valence-electron chi connectivity index (χ4n) is 3.66. The Balaban J connectivity index is 1.51. The molecule has 1 fully saturated rings. The first-order valence-corrected chi connectivity index (χ1v) is 10.4. The summed E-state index contributed by atoms with van der Waals surface area (Å²) in [6.45, 7) is 7.10. The van der Waals surface area contributed by atoms with Crippen LogP contribution >= 0.6 is 11.8 Å². The highest BCUT2D eigenvalue weighted by Gasteiger charge is 2.31. The number of hydrogen-bond donors (Lipinski definition) is 0. The summed E-state index contributed by atoms with van der Waals surface area (Å²) in [6.07, 6.45) is 3.17. The third-order valence-electron chi connectivity index (χ3n) is 5.30. The van der Waals surface area contributed by atoms with E-state index in [9.17, 15) is 9.59 Å². The van der Waals surface area contributed by atoms with Gasteiger partial charge in [-0.1, -0.05) is 11.8 Å². The van der Waals surface area contributed by atoms with Gasteiger partial charge < -0.3 is 9.47 Å². The van der Waals surface area contributed by atoms with Crippen molar-refractivity contribution in [3.8, 4) is 0 Å². The second-order valence-corrected chi connectivity index (χ2v) is 8.56. The van der Waals surface area contributed by atoms with E-state index in [0.717, 1.165) is 35.2 Å². The lowest BCUT2D eigenvalue weighted by atomic mass is 10.0. The minimum Gasteiger partial charge on any atom is -0.312 e. The van der Waals surface area contributed by atoms with E-state index in [2.05, 4.69) is 21.7 Å². The molecule has 1 aromatic heterocycles. The topological polar surface area (TPSA) is 68.1 Å². The predicted molar refractivity (Wildman–Crippen MR) is 105 cm³/mol. The van der Waals surface area contributed by atoms with E-state index in [1.54, 1.807) is 11.8 Å². The minimum atomic E-state index is -0.241. The Morgan fingerprint density at radius 3 is 2.74 bits per heavy atom. The molecule has 6 nitrogen and oxygen atoms in total. The first kappa shape index (κ1) is 18.2. The number of benzene rings is 1. The van der Waals surface area contributed by atoms with Crippen molar-refractivity contribution < 1.29 is 9.59 Å². The van der Waals surface area contributed by atoms with Crippen LogP contribution in [0, 0.1) is 0 Å². The third kappa shape index (κ3) is 3.40. The number of carbonyl (C=O) groups is 2. The zero-order valence-corrected chi connectivity index (χ0v) is 16.8. The lowest BCUT2D eigenvalue weighted by molar-refractivity contribution is -0.116. The fraction of sp³-hybridized carbons (Fsp3) is 0.500. The molecule has 1 amide bonds. The number of Topliss-reactive ketones (excluding diaryl/α,β-unsaturated/α-hetero) is 1. The quantitative estimate of drug-likeness (QED) is 0.564. The van der Waals surface area contributed by atoms with Crippen LogP contribution in [0.5, 0.6) is 0 Å². The molecule has 2 heterocycles. The summed E-state index contributed by atoms with van der Waals surface area (Å²) in [5.74, 6) is 1.73. The summed E-state index contributed by atoms with van der Waals surface area (Å²) < 4.78 is 2.14. The standard InChI is InChI=1S/C20H24N4O2S/c1-4-23-19(14-5-6-14)21-22-20(23)27-12(2)18(26)16-7-8-17-15(11-16)9-10-24(17)13(3)25/h7-8,11-12,14H,4-6,9-10H2,1-3H3/t12-/m1/s1. The lowest BCUT2D eigenvalue weighted by Crippen LogP contribution is -2.25. The van der Waals surface area contributed by atoms with Gasteiger partial charge in [0.25, 0.3) is 0 Å². The van der Waals surface area contributed by atoms with Crippen molar-refractivity contribution in [2.75, 3.05) is 11.4 Å². The number of ketones is 1. The molecule has 1 aromatic carbocycles. The van der Waals surface area contributed by atoms with Crippen molar-refractivity contribution in [1.29, 1.82) is 0 Å². The summed E-state index contributed by atoms with van der Waals surface area (Å²) in [6, 6.07) is 5.67. The van der Waals surface area contributed by atoms with Gasteiger partial charge in [0.05, 0.1) is 5.25 Å². The van der Waals surface area contributed by atoms with Gasteiger partial charge in [0, 0.05) is 37.2 Å². The smallest absolute Gasteiger partial charge is 0.223 e. The van der Waals surface area contributed by atoms with Gasteiger partial charge in [-0.05, 0) is 56.9 Å². The Kier molecular flexibility index (Phi) is 4.80. The highest BCUT2D eigenvalue weighted by molar-refractivity contribution is 8.00.